The highest BCUT2D eigenvalue weighted by Gasteiger charge is 2.03. The van der Waals surface area contributed by atoms with Crippen molar-refractivity contribution >= 4 is 27.0 Å². The van der Waals surface area contributed by atoms with Gasteiger partial charge in [-0.2, -0.15) is 0 Å². The molecule has 0 aliphatic heterocycles. The van der Waals surface area contributed by atoms with E-state index in [0.29, 0.717) is 0 Å². The lowest BCUT2D eigenvalue weighted by Gasteiger charge is -2.05. The minimum absolute atomic E-state index is 0.0511. The van der Waals surface area contributed by atoms with Crippen LogP contribution in [0.1, 0.15) is 18.7 Å². The van der Waals surface area contributed by atoms with Gasteiger partial charge < -0.3 is 5.73 Å². The Kier molecular flexibility index (Phi) is 2.48. The average Bonchev–Trinajstić information content (AvgIpc) is 2.16. The maximum Gasteiger partial charge on any atom is 0.159 e. The molecule has 2 N–H and O–H groups in total. The van der Waals surface area contributed by atoms with E-state index in [-0.39, 0.29) is 6.04 Å². The van der Waals surface area contributed by atoms with E-state index in [2.05, 4.69) is 25.9 Å². The molecule has 1 unspecified atom stereocenters. The number of aromatic nitrogens is 2. The van der Waals surface area contributed by atoms with E-state index in [9.17, 15) is 0 Å². The Hall–Kier alpha value is -1.00. The van der Waals surface area contributed by atoms with Crippen molar-refractivity contribution in [2.24, 2.45) is 5.73 Å². The summed E-state index contributed by atoms with van der Waals surface area (Å²) >= 11 is 3.36. The van der Waals surface area contributed by atoms with Gasteiger partial charge in [0.25, 0.3) is 0 Å². The number of rotatable bonds is 1. The molecule has 0 bridgehead atoms. The second-order valence-corrected chi connectivity index (χ2v) is 4.14. The predicted octanol–water partition coefficient (Wildman–Crippen LogP) is 2.41. The van der Waals surface area contributed by atoms with Crippen LogP contribution in [0.15, 0.2) is 28.9 Å². The zero-order chi connectivity index (χ0) is 10.1. The van der Waals surface area contributed by atoms with Crippen molar-refractivity contribution in [1.29, 1.82) is 0 Å². The molecule has 72 valence electrons. The Labute approximate surface area is 90.5 Å². The fourth-order valence-electron chi connectivity index (χ4n) is 1.25. The Balaban J connectivity index is 2.62. The summed E-state index contributed by atoms with van der Waals surface area (Å²) in [7, 11) is 0. The number of halogens is 1. The molecular weight excluding hydrogens is 242 g/mol. The number of hydrogen-bond acceptors (Lipinski definition) is 3. The minimum atomic E-state index is -0.0511. The van der Waals surface area contributed by atoms with Gasteiger partial charge in [0.05, 0.1) is 5.69 Å². The van der Waals surface area contributed by atoms with Crippen molar-refractivity contribution in [2.75, 3.05) is 0 Å². The highest BCUT2D eigenvalue weighted by atomic mass is 79.9. The first-order valence-electron chi connectivity index (χ1n) is 4.34. The third kappa shape index (κ3) is 1.76. The molecule has 0 aliphatic carbocycles. The van der Waals surface area contributed by atoms with E-state index in [0.717, 1.165) is 21.2 Å². The summed E-state index contributed by atoms with van der Waals surface area (Å²) in [6.07, 6.45) is 1.74. The molecule has 0 aromatic carbocycles. The highest BCUT2D eigenvalue weighted by Crippen LogP contribution is 2.17. The van der Waals surface area contributed by atoms with E-state index >= 15 is 0 Å². The average molecular weight is 252 g/mol. The van der Waals surface area contributed by atoms with Gasteiger partial charge in [-0.05, 0) is 41.1 Å². The zero-order valence-corrected chi connectivity index (χ0v) is 9.32. The van der Waals surface area contributed by atoms with E-state index < -0.39 is 0 Å². The third-order valence-electron chi connectivity index (χ3n) is 2.00. The van der Waals surface area contributed by atoms with Crippen molar-refractivity contribution in [3.05, 3.63) is 34.6 Å². The van der Waals surface area contributed by atoms with Gasteiger partial charge >= 0.3 is 0 Å². The maximum atomic E-state index is 5.74. The SMILES string of the molecule is CC(N)c1ccc2cc(Br)cnc2n1. The zero-order valence-electron chi connectivity index (χ0n) is 7.74. The first-order chi connectivity index (χ1) is 6.66. The fraction of sp³-hybridized carbons (Fsp3) is 0.200. The summed E-state index contributed by atoms with van der Waals surface area (Å²) in [5.74, 6) is 0. The second kappa shape index (κ2) is 3.63. The normalized spacial score (nSPS) is 13.1. The molecule has 2 rings (SSSR count). The van der Waals surface area contributed by atoms with Gasteiger partial charge in [0.15, 0.2) is 5.65 Å². The van der Waals surface area contributed by atoms with Crippen molar-refractivity contribution in [3.8, 4) is 0 Å². The summed E-state index contributed by atoms with van der Waals surface area (Å²) < 4.78 is 0.959. The molecule has 2 heterocycles. The molecule has 3 nitrogen and oxygen atoms in total. The minimum Gasteiger partial charge on any atom is -0.323 e. The lowest BCUT2D eigenvalue weighted by Crippen LogP contribution is -2.07. The van der Waals surface area contributed by atoms with Crippen LogP contribution >= 0.6 is 15.9 Å². The largest absolute Gasteiger partial charge is 0.323 e. The van der Waals surface area contributed by atoms with Crippen LogP contribution < -0.4 is 5.73 Å². The first-order valence-corrected chi connectivity index (χ1v) is 5.14. The topological polar surface area (TPSA) is 51.8 Å². The maximum absolute atomic E-state index is 5.74. The number of pyridine rings is 2. The predicted molar refractivity (Wildman–Crippen MR) is 59.8 cm³/mol. The van der Waals surface area contributed by atoms with Crippen molar-refractivity contribution in [3.63, 3.8) is 0 Å². The summed E-state index contributed by atoms with van der Waals surface area (Å²) in [5, 5.41) is 1.02. The Bertz CT molecular complexity index is 468. The third-order valence-corrected chi connectivity index (χ3v) is 2.43. The van der Waals surface area contributed by atoms with Gasteiger partial charge in [0, 0.05) is 22.1 Å². The van der Waals surface area contributed by atoms with Crippen molar-refractivity contribution in [1.82, 2.24) is 9.97 Å². The highest BCUT2D eigenvalue weighted by molar-refractivity contribution is 9.10. The number of fused-ring (bicyclic) bond motifs is 1. The molecule has 0 fully saturated rings. The van der Waals surface area contributed by atoms with Crippen LogP contribution in [0.2, 0.25) is 0 Å². The van der Waals surface area contributed by atoms with Crippen LogP contribution in [0, 0.1) is 0 Å². The van der Waals surface area contributed by atoms with Crippen molar-refractivity contribution in [2.45, 2.75) is 13.0 Å². The quantitative estimate of drug-likeness (QED) is 0.847. The molecule has 0 spiro atoms. The number of nitrogens with zero attached hydrogens (tertiary/aromatic N) is 2. The van der Waals surface area contributed by atoms with Gasteiger partial charge in [-0.1, -0.05) is 0 Å². The van der Waals surface area contributed by atoms with Gasteiger partial charge in [-0.15, -0.1) is 0 Å². The molecule has 2 aromatic rings. The summed E-state index contributed by atoms with van der Waals surface area (Å²) in [6.45, 7) is 1.91. The molecular formula is C10H10BrN3. The monoisotopic (exact) mass is 251 g/mol. The molecule has 0 radical (unpaired) electrons. The molecule has 0 amide bonds. The molecule has 0 saturated heterocycles. The second-order valence-electron chi connectivity index (χ2n) is 3.23. The van der Waals surface area contributed by atoms with E-state index in [1.165, 1.54) is 0 Å². The lowest BCUT2D eigenvalue weighted by molar-refractivity contribution is 0.785. The summed E-state index contributed by atoms with van der Waals surface area (Å²) in [4.78, 5) is 8.57. The van der Waals surface area contributed by atoms with E-state index in [1.807, 2.05) is 25.1 Å². The lowest BCUT2D eigenvalue weighted by atomic mass is 10.2. The summed E-state index contributed by atoms with van der Waals surface area (Å²) in [6, 6.07) is 5.85. The van der Waals surface area contributed by atoms with E-state index in [4.69, 9.17) is 5.73 Å². The molecule has 4 heteroatoms. The molecule has 2 aromatic heterocycles. The van der Waals surface area contributed by atoms with Crippen LogP contribution in [0.5, 0.6) is 0 Å². The van der Waals surface area contributed by atoms with Crippen LogP contribution in [0.4, 0.5) is 0 Å². The van der Waals surface area contributed by atoms with Crippen LogP contribution in [-0.4, -0.2) is 9.97 Å². The van der Waals surface area contributed by atoms with Crippen LogP contribution in [0.25, 0.3) is 11.0 Å². The van der Waals surface area contributed by atoms with Gasteiger partial charge in [0.2, 0.25) is 0 Å². The van der Waals surface area contributed by atoms with Gasteiger partial charge in [-0.25, -0.2) is 9.97 Å². The number of nitrogens with two attached hydrogens (primary N) is 1. The first kappa shape index (κ1) is 9.55. The molecule has 0 saturated carbocycles. The van der Waals surface area contributed by atoms with Crippen LogP contribution in [0.3, 0.4) is 0 Å². The van der Waals surface area contributed by atoms with Crippen molar-refractivity contribution < 1.29 is 0 Å². The van der Waals surface area contributed by atoms with E-state index in [1.54, 1.807) is 6.20 Å². The Morgan fingerprint density at radius 2 is 2.21 bits per heavy atom. The number of hydrogen-bond donors (Lipinski definition) is 1. The fourth-order valence-corrected chi connectivity index (χ4v) is 1.60. The molecule has 14 heavy (non-hydrogen) atoms. The molecule has 1 atom stereocenters. The van der Waals surface area contributed by atoms with Gasteiger partial charge in [-0.3, -0.25) is 0 Å². The van der Waals surface area contributed by atoms with Gasteiger partial charge in [0.1, 0.15) is 0 Å². The molecule has 0 aliphatic rings. The summed E-state index contributed by atoms with van der Waals surface area (Å²) in [5.41, 5.74) is 7.34. The smallest absolute Gasteiger partial charge is 0.159 e. The standard InChI is InChI=1S/C10H10BrN3/c1-6(12)9-3-2-7-4-8(11)5-13-10(7)14-9/h2-6H,12H2,1H3. The Morgan fingerprint density at radius 1 is 1.43 bits per heavy atom. The Morgan fingerprint density at radius 3 is 2.93 bits per heavy atom. The van der Waals surface area contributed by atoms with Crippen LogP contribution in [-0.2, 0) is 0 Å².